The lowest BCUT2D eigenvalue weighted by Crippen LogP contribution is -2.60. The molecule has 76 heavy (non-hydrogen) atoms. The van der Waals surface area contributed by atoms with Crippen molar-refractivity contribution in [1.82, 2.24) is 58.2 Å². The molecule has 26 heteroatoms. The molecule has 0 spiro atoms. The molecule has 26 nitrogen and oxygen atoms in total. The Kier molecular flexibility index (Phi) is 24.9. The molecule has 1 saturated heterocycles. The number of benzene rings is 2. The molecule has 0 aliphatic carbocycles. The Hall–Kier alpha value is -8.29. The fourth-order valence-corrected chi connectivity index (χ4v) is 8.45. The predicted octanol–water partition coefficient (Wildman–Crippen LogP) is -2.20. The van der Waals surface area contributed by atoms with E-state index in [1.807, 2.05) is 18.2 Å². The first kappa shape index (κ1) is 60.3. The predicted molar refractivity (Wildman–Crippen MR) is 282 cm³/mol. The van der Waals surface area contributed by atoms with Crippen LogP contribution in [0.4, 0.5) is 0 Å². The molecule has 1 aliphatic heterocycles. The van der Waals surface area contributed by atoms with Crippen LogP contribution in [0.15, 0.2) is 60.8 Å². The lowest BCUT2D eigenvalue weighted by molar-refractivity contribution is -0.142. The third kappa shape index (κ3) is 20.9. The van der Waals surface area contributed by atoms with Gasteiger partial charge in [0.05, 0.1) is 0 Å². The van der Waals surface area contributed by atoms with Crippen LogP contribution in [0.3, 0.4) is 0 Å². The minimum absolute atomic E-state index is 0.0126. The SMILES string of the molecule is CC(=O)N[C@@H](CCCNC(=N)N)C(=O)N[C@H]1CCC(=O)NCCCC(C(=O)O)NC(=O)[C@H](Cc2c[nH]c3ccccc23)NC(=O)[C@H](CCCNC(=N)N)NC(=O)[C@@H](Cc2ccccc2)NC(=O)[C@H](CCCCN)NC1=O. The van der Waals surface area contributed by atoms with E-state index in [-0.39, 0.29) is 109 Å². The third-order valence-electron chi connectivity index (χ3n) is 12.4. The number of H-pyrrole nitrogens is 1. The number of rotatable bonds is 20. The molecule has 8 amide bonds. The smallest absolute Gasteiger partial charge is 0.326 e. The molecular weight excluding hydrogens is 985 g/mol. The molecule has 414 valence electrons. The monoisotopic (exact) mass is 1060 g/mol. The number of fused-ring (bicyclic) bond motifs is 1. The third-order valence-corrected chi connectivity index (χ3v) is 12.4. The van der Waals surface area contributed by atoms with Crippen molar-refractivity contribution in [2.75, 3.05) is 26.2 Å². The highest BCUT2D eigenvalue weighted by molar-refractivity contribution is 5.98. The van der Waals surface area contributed by atoms with Gasteiger partial charge in [-0.15, -0.1) is 0 Å². The van der Waals surface area contributed by atoms with Gasteiger partial charge in [0.25, 0.3) is 0 Å². The van der Waals surface area contributed by atoms with E-state index in [1.165, 1.54) is 6.92 Å². The topological polar surface area (TPSA) is 436 Å². The van der Waals surface area contributed by atoms with Crippen molar-refractivity contribution in [3.05, 3.63) is 71.9 Å². The summed E-state index contributed by atoms with van der Waals surface area (Å²) in [5.41, 5.74) is 18.7. The van der Waals surface area contributed by atoms with Crippen molar-refractivity contribution in [2.24, 2.45) is 17.2 Å². The second kappa shape index (κ2) is 31.4. The number of amides is 8. The first-order valence-corrected chi connectivity index (χ1v) is 25.4. The van der Waals surface area contributed by atoms with Crippen LogP contribution >= 0.6 is 0 Å². The highest BCUT2D eigenvalue weighted by Gasteiger charge is 2.35. The quantitative estimate of drug-likeness (QED) is 0.0324. The summed E-state index contributed by atoms with van der Waals surface area (Å²) in [6, 6.07) is 6.24. The highest BCUT2D eigenvalue weighted by atomic mass is 16.4. The molecule has 1 fully saturated rings. The maximum atomic E-state index is 14.6. The van der Waals surface area contributed by atoms with Crippen LogP contribution in [0, 0.1) is 10.8 Å². The zero-order valence-corrected chi connectivity index (χ0v) is 42.7. The summed E-state index contributed by atoms with van der Waals surface area (Å²) in [5, 5.41) is 52.6. The summed E-state index contributed by atoms with van der Waals surface area (Å²) in [5.74, 6) is -8.18. The summed E-state index contributed by atoms with van der Waals surface area (Å²) in [6.45, 7) is 1.67. The summed E-state index contributed by atoms with van der Waals surface area (Å²) in [4.78, 5) is 127. The number of nitrogens with one attached hydrogen (secondary N) is 13. The molecule has 4 rings (SSSR count). The van der Waals surface area contributed by atoms with Crippen molar-refractivity contribution in [3.8, 4) is 0 Å². The number of aromatic amines is 1. The molecule has 1 aliphatic rings. The molecule has 1 aromatic heterocycles. The fraction of sp³-hybridized carbons (Fsp3) is 0.500. The number of nitrogens with two attached hydrogens (primary N) is 3. The minimum atomic E-state index is -1.49. The van der Waals surface area contributed by atoms with E-state index in [4.69, 9.17) is 28.0 Å². The van der Waals surface area contributed by atoms with Crippen molar-refractivity contribution in [2.45, 2.75) is 133 Å². The van der Waals surface area contributed by atoms with Crippen LogP contribution in [0.5, 0.6) is 0 Å². The number of carboxylic acids is 1. The molecule has 20 N–H and O–H groups in total. The number of aromatic nitrogens is 1. The summed E-state index contributed by atoms with van der Waals surface area (Å²) in [6.07, 6.45) is 1.85. The summed E-state index contributed by atoms with van der Waals surface area (Å²) in [7, 11) is 0. The van der Waals surface area contributed by atoms with Crippen LogP contribution in [0.25, 0.3) is 10.9 Å². The molecule has 0 bridgehead atoms. The van der Waals surface area contributed by atoms with Crippen LogP contribution < -0.4 is 70.4 Å². The van der Waals surface area contributed by atoms with Crippen molar-refractivity contribution in [1.29, 1.82) is 10.8 Å². The maximum Gasteiger partial charge on any atom is 0.326 e. The standard InChI is InChI=1S/C50H74N16O10/c1-29(67)60-34(17-9-24-57-49(52)53)42(69)63-37-20-21-41(68)56-23-11-19-38(48(75)76)64-47(74)40(27-31-28-59-33-15-6-5-14-32(31)33)66-44(71)36(18-10-25-58-50(54)55)62-46(73)39(26-30-12-3-2-4-13-30)65-43(70)35(61-45(37)72)16-7-8-22-51/h2-6,12-15,28,34-40,59H,7-11,16-27,51H2,1H3,(H,56,68)(H,60,67)(H,61,72)(H,62,73)(H,63,69)(H,64,74)(H,65,70)(H,66,71)(H,75,76)(H4,52,53,57)(H4,54,55,58)/t34-,35-,36-,37-,38?,39+,40-/m0/s1. The van der Waals surface area contributed by atoms with Crippen LogP contribution in [0.1, 0.15) is 88.7 Å². The Bertz CT molecular complexity index is 2490. The molecule has 2 aromatic carbocycles. The molecule has 1 unspecified atom stereocenters. The zero-order chi connectivity index (χ0) is 55.6. The highest BCUT2D eigenvalue weighted by Crippen LogP contribution is 2.20. The lowest BCUT2D eigenvalue weighted by atomic mass is 10.0. The number of hydrogen-bond acceptors (Lipinski definition) is 12. The molecule has 7 atom stereocenters. The Morgan fingerprint density at radius 1 is 0.711 bits per heavy atom. The largest absolute Gasteiger partial charge is 0.480 e. The van der Waals surface area contributed by atoms with Gasteiger partial charge in [-0.05, 0) is 87.9 Å². The Labute approximate surface area is 440 Å². The van der Waals surface area contributed by atoms with Crippen LogP contribution in [0.2, 0.25) is 0 Å². The van der Waals surface area contributed by atoms with Gasteiger partial charge in [-0.25, -0.2) is 4.79 Å². The van der Waals surface area contributed by atoms with Crippen molar-refractivity contribution in [3.63, 3.8) is 0 Å². The van der Waals surface area contributed by atoms with Crippen molar-refractivity contribution >= 4 is 76.0 Å². The van der Waals surface area contributed by atoms with Gasteiger partial charge in [-0.2, -0.15) is 0 Å². The normalized spacial score (nSPS) is 21.0. The fourth-order valence-electron chi connectivity index (χ4n) is 8.45. The number of unbranched alkanes of at least 4 members (excludes halogenated alkanes) is 1. The Balaban J connectivity index is 1.77. The first-order valence-electron chi connectivity index (χ1n) is 25.4. The summed E-state index contributed by atoms with van der Waals surface area (Å²) >= 11 is 0. The second-order valence-electron chi connectivity index (χ2n) is 18.5. The van der Waals surface area contributed by atoms with Gasteiger partial charge in [-0.3, -0.25) is 49.2 Å². The number of aliphatic carboxylic acids is 1. The van der Waals surface area contributed by atoms with Gasteiger partial charge in [0, 0.05) is 62.9 Å². The number of carboxylic acid groups (broad SMARTS) is 1. The van der Waals surface area contributed by atoms with E-state index < -0.39 is 95.5 Å². The number of hydrogen-bond donors (Lipinski definition) is 17. The molecular formula is C50H74N16O10. The number of para-hydroxylation sites is 1. The minimum Gasteiger partial charge on any atom is -0.480 e. The van der Waals surface area contributed by atoms with Gasteiger partial charge in [0.1, 0.15) is 42.3 Å². The average Bonchev–Trinajstić information content (AvgIpc) is 3.78. The van der Waals surface area contributed by atoms with E-state index in [9.17, 15) is 48.3 Å². The number of carbonyl (C=O) groups is 9. The lowest BCUT2D eigenvalue weighted by Gasteiger charge is -2.28. The Morgan fingerprint density at radius 3 is 1.93 bits per heavy atom. The number of carbonyl (C=O) groups excluding carboxylic acids is 8. The van der Waals surface area contributed by atoms with Gasteiger partial charge in [-0.1, -0.05) is 48.5 Å². The van der Waals surface area contributed by atoms with Crippen molar-refractivity contribution < 1.29 is 48.3 Å². The average molecular weight is 1060 g/mol. The first-order chi connectivity index (χ1) is 36.3. The van der Waals surface area contributed by atoms with E-state index >= 15 is 0 Å². The molecule has 0 radical (unpaired) electrons. The molecule has 2 heterocycles. The van der Waals surface area contributed by atoms with Crippen LogP contribution in [-0.4, -0.2) is 144 Å². The van der Waals surface area contributed by atoms with Crippen LogP contribution in [-0.2, 0) is 56.0 Å². The van der Waals surface area contributed by atoms with Gasteiger partial charge >= 0.3 is 5.97 Å². The Morgan fingerprint density at radius 2 is 1.29 bits per heavy atom. The number of guanidine groups is 2. The van der Waals surface area contributed by atoms with E-state index in [0.29, 0.717) is 24.0 Å². The second-order valence-corrected chi connectivity index (χ2v) is 18.5. The van der Waals surface area contributed by atoms with Gasteiger partial charge in [0.2, 0.25) is 47.3 Å². The maximum absolute atomic E-state index is 14.6. The molecule has 3 aromatic rings. The zero-order valence-electron chi connectivity index (χ0n) is 42.7. The summed E-state index contributed by atoms with van der Waals surface area (Å²) < 4.78 is 0. The van der Waals surface area contributed by atoms with E-state index in [0.717, 1.165) is 10.9 Å². The van der Waals surface area contributed by atoms with Gasteiger partial charge in [0.15, 0.2) is 11.9 Å². The van der Waals surface area contributed by atoms with E-state index in [2.05, 4.69) is 58.2 Å². The van der Waals surface area contributed by atoms with E-state index in [1.54, 1.807) is 42.6 Å². The van der Waals surface area contributed by atoms with Gasteiger partial charge < -0.3 is 80.5 Å². The molecule has 0 saturated carbocycles.